The molecule has 1 saturated heterocycles. The third kappa shape index (κ3) is 4.14. The normalized spacial score (nSPS) is 16.7. The molecule has 6 rings (SSSR count). The van der Waals surface area contributed by atoms with Crippen LogP contribution in [0.5, 0.6) is 0 Å². The lowest BCUT2D eigenvalue weighted by molar-refractivity contribution is -0.116. The van der Waals surface area contributed by atoms with E-state index in [-0.39, 0.29) is 18.3 Å². The molecule has 2 fully saturated rings. The number of aromatic nitrogens is 3. The predicted molar refractivity (Wildman–Crippen MR) is 147 cm³/mol. The number of amides is 1. The summed E-state index contributed by atoms with van der Waals surface area (Å²) in [6.45, 7) is 3.61. The van der Waals surface area contributed by atoms with Crippen LogP contribution in [0.2, 0.25) is 0 Å². The van der Waals surface area contributed by atoms with Crippen LogP contribution < -0.4 is 11.1 Å². The summed E-state index contributed by atoms with van der Waals surface area (Å²) in [5, 5.41) is 3.28. The van der Waals surface area contributed by atoms with Crippen molar-refractivity contribution in [2.45, 2.75) is 19.4 Å². The molecule has 3 N–H and O–H groups in total. The van der Waals surface area contributed by atoms with E-state index < -0.39 is 15.5 Å². The zero-order chi connectivity index (χ0) is 26.7. The number of halogens is 1. The van der Waals surface area contributed by atoms with Crippen molar-refractivity contribution >= 4 is 38.2 Å². The second-order valence-electron chi connectivity index (χ2n) is 10.2. The number of nitrogens with zero attached hydrogens (tertiary/aromatic N) is 4. The molecule has 0 unspecified atom stereocenters. The van der Waals surface area contributed by atoms with E-state index >= 15 is 4.39 Å². The van der Waals surface area contributed by atoms with Gasteiger partial charge in [0.1, 0.15) is 23.6 Å². The largest absolute Gasteiger partial charge is 0.383 e. The van der Waals surface area contributed by atoms with Gasteiger partial charge < -0.3 is 15.6 Å². The standard InChI is InChI=1S/C28H27FN6O2S/c1-3-22(36)31-13-17-4-9-20(21(29)12-17)25-23(24-26(30)32-16-33-27(24)35(25)2)18-5-7-19(8-6-18)34-38(37)14-28(15-38)10-11-28/h3-9,12,16H,1,10-11,13-15H2,2H3,(H,31,36)(H2,30,32,33). The molecule has 194 valence electrons. The summed E-state index contributed by atoms with van der Waals surface area (Å²) in [5.74, 6) is 0.891. The Hall–Kier alpha value is -4.05. The summed E-state index contributed by atoms with van der Waals surface area (Å²) in [6, 6.07) is 12.3. The van der Waals surface area contributed by atoms with Gasteiger partial charge in [-0.1, -0.05) is 24.8 Å². The van der Waals surface area contributed by atoms with Crippen LogP contribution in [0, 0.1) is 11.2 Å². The zero-order valence-corrected chi connectivity index (χ0v) is 21.7. The van der Waals surface area contributed by atoms with Crippen LogP contribution in [0.1, 0.15) is 18.4 Å². The Bertz CT molecular complexity index is 1730. The number of carbonyl (C=O) groups excluding carboxylic acids is 1. The number of nitrogens with one attached hydrogen (secondary N) is 1. The number of nitrogens with two attached hydrogens (primary N) is 1. The molecule has 4 aromatic rings. The van der Waals surface area contributed by atoms with Gasteiger partial charge in [0.05, 0.1) is 26.5 Å². The minimum absolute atomic E-state index is 0.178. The number of benzene rings is 2. The first-order chi connectivity index (χ1) is 18.2. The highest BCUT2D eigenvalue weighted by atomic mass is 32.2. The van der Waals surface area contributed by atoms with Gasteiger partial charge in [0.2, 0.25) is 5.91 Å². The Morgan fingerprint density at radius 3 is 2.63 bits per heavy atom. The number of carbonyl (C=O) groups is 1. The minimum Gasteiger partial charge on any atom is -0.383 e. The Morgan fingerprint density at radius 1 is 1.24 bits per heavy atom. The van der Waals surface area contributed by atoms with Crippen LogP contribution in [0.4, 0.5) is 15.9 Å². The summed E-state index contributed by atoms with van der Waals surface area (Å²) >= 11 is 0. The van der Waals surface area contributed by atoms with Gasteiger partial charge in [-0.25, -0.2) is 18.6 Å². The number of anilines is 1. The molecule has 1 spiro atoms. The first kappa shape index (κ1) is 24.3. The lowest BCUT2D eigenvalue weighted by Crippen LogP contribution is -2.37. The highest BCUT2D eigenvalue weighted by Gasteiger charge is 2.55. The number of hydrogen-bond acceptors (Lipinski definition) is 6. The molecular formula is C28H27FN6O2S. The maximum atomic E-state index is 15.5. The molecule has 0 radical (unpaired) electrons. The highest BCUT2D eigenvalue weighted by molar-refractivity contribution is 7.95. The van der Waals surface area contributed by atoms with E-state index in [0.29, 0.717) is 56.0 Å². The van der Waals surface area contributed by atoms with Gasteiger partial charge in [-0.2, -0.15) is 4.36 Å². The monoisotopic (exact) mass is 530 g/mol. The summed E-state index contributed by atoms with van der Waals surface area (Å²) in [4.78, 5) is 20.1. The van der Waals surface area contributed by atoms with Crippen molar-refractivity contribution in [3.05, 3.63) is 72.8 Å². The summed E-state index contributed by atoms with van der Waals surface area (Å²) in [5.41, 5.74) is 10.9. The fourth-order valence-electron chi connectivity index (χ4n) is 5.32. The molecule has 38 heavy (non-hydrogen) atoms. The zero-order valence-electron chi connectivity index (χ0n) is 20.9. The predicted octanol–water partition coefficient (Wildman–Crippen LogP) is 4.72. The average Bonchev–Trinajstić information content (AvgIpc) is 3.59. The topological polar surface area (TPSA) is 115 Å². The van der Waals surface area contributed by atoms with E-state index in [0.717, 1.165) is 18.4 Å². The van der Waals surface area contributed by atoms with Crippen LogP contribution in [-0.2, 0) is 28.1 Å². The van der Waals surface area contributed by atoms with Crippen molar-refractivity contribution in [3.63, 3.8) is 0 Å². The Balaban J connectivity index is 1.43. The molecule has 2 aliphatic rings. The molecule has 3 heterocycles. The van der Waals surface area contributed by atoms with E-state index in [4.69, 9.17) is 5.73 Å². The number of aryl methyl sites for hydroxylation is 1. The second kappa shape index (κ2) is 8.76. The van der Waals surface area contributed by atoms with Gasteiger partial charge in [0, 0.05) is 36.2 Å². The molecule has 1 saturated carbocycles. The summed E-state index contributed by atoms with van der Waals surface area (Å²) < 4.78 is 34.9. The number of fused-ring (bicyclic) bond motifs is 1. The highest BCUT2D eigenvalue weighted by Crippen LogP contribution is 2.55. The third-order valence-corrected chi connectivity index (χ3v) is 10.1. The average molecular weight is 531 g/mol. The first-order valence-electron chi connectivity index (χ1n) is 12.3. The number of nitrogen functional groups attached to an aromatic ring is 1. The third-order valence-electron chi connectivity index (χ3n) is 7.39. The maximum Gasteiger partial charge on any atom is 0.243 e. The van der Waals surface area contributed by atoms with Crippen LogP contribution in [0.15, 0.2) is 65.8 Å². The van der Waals surface area contributed by atoms with Crippen molar-refractivity contribution < 1.29 is 13.4 Å². The van der Waals surface area contributed by atoms with Gasteiger partial charge in [-0.3, -0.25) is 4.79 Å². The summed E-state index contributed by atoms with van der Waals surface area (Å²) in [6.07, 6.45) is 4.88. The molecule has 1 aliphatic heterocycles. The summed E-state index contributed by atoms with van der Waals surface area (Å²) in [7, 11) is -0.366. The fraction of sp³-hybridized carbons (Fsp3) is 0.250. The second-order valence-corrected chi connectivity index (χ2v) is 12.5. The van der Waals surface area contributed by atoms with Crippen LogP contribution in [-0.4, -0.2) is 36.2 Å². The lowest BCUT2D eigenvalue weighted by Gasteiger charge is -2.29. The van der Waals surface area contributed by atoms with Crippen LogP contribution in [0.3, 0.4) is 0 Å². The van der Waals surface area contributed by atoms with E-state index in [1.807, 2.05) is 31.3 Å². The first-order valence-corrected chi connectivity index (χ1v) is 14.2. The number of rotatable bonds is 6. The van der Waals surface area contributed by atoms with Gasteiger partial charge in [-0.15, -0.1) is 0 Å². The van der Waals surface area contributed by atoms with Crippen molar-refractivity contribution in [3.8, 4) is 22.4 Å². The molecule has 2 aromatic heterocycles. The lowest BCUT2D eigenvalue weighted by atomic mass is 9.97. The smallest absolute Gasteiger partial charge is 0.243 e. The quantitative estimate of drug-likeness (QED) is 0.350. The van der Waals surface area contributed by atoms with Gasteiger partial charge in [0.25, 0.3) is 0 Å². The molecule has 1 amide bonds. The fourth-order valence-corrected chi connectivity index (χ4v) is 8.36. The maximum absolute atomic E-state index is 15.5. The molecule has 0 bridgehead atoms. The van der Waals surface area contributed by atoms with E-state index in [1.165, 1.54) is 18.5 Å². The molecule has 10 heteroatoms. The van der Waals surface area contributed by atoms with Crippen molar-refractivity contribution in [2.75, 3.05) is 17.2 Å². The van der Waals surface area contributed by atoms with Gasteiger partial charge in [-0.05, 0) is 59.7 Å². The van der Waals surface area contributed by atoms with Crippen LogP contribution >= 0.6 is 0 Å². The SMILES string of the molecule is C=CC(=O)NCc1ccc(-c2c(-c3ccc(N=S4(=O)CC5(CC5)C4)cc3)c3c(N)ncnc3n2C)c(F)c1. The van der Waals surface area contributed by atoms with Crippen LogP contribution in [0.25, 0.3) is 33.4 Å². The van der Waals surface area contributed by atoms with E-state index in [9.17, 15) is 9.00 Å². The Kier molecular flexibility index (Phi) is 5.60. The van der Waals surface area contributed by atoms with E-state index in [1.54, 1.807) is 16.7 Å². The van der Waals surface area contributed by atoms with Gasteiger partial charge >= 0.3 is 0 Å². The molecule has 8 nitrogen and oxygen atoms in total. The Labute approximate surface area is 220 Å². The molecular weight excluding hydrogens is 503 g/mol. The van der Waals surface area contributed by atoms with E-state index in [2.05, 4.69) is 26.2 Å². The molecule has 2 aromatic carbocycles. The number of hydrogen-bond donors (Lipinski definition) is 2. The molecule has 0 atom stereocenters. The molecule has 1 aliphatic carbocycles. The van der Waals surface area contributed by atoms with Crippen molar-refractivity contribution in [1.82, 2.24) is 19.9 Å². The van der Waals surface area contributed by atoms with Gasteiger partial charge in [0.15, 0.2) is 0 Å². The van der Waals surface area contributed by atoms with Crippen molar-refractivity contribution in [2.24, 2.45) is 16.8 Å². The minimum atomic E-state index is -2.18. The Morgan fingerprint density at radius 2 is 1.97 bits per heavy atom. The van der Waals surface area contributed by atoms with Crippen molar-refractivity contribution in [1.29, 1.82) is 0 Å².